The number of cyclic esters (lactones) is 1. The van der Waals surface area contributed by atoms with Gasteiger partial charge in [-0.3, -0.25) is 9.69 Å². The second-order valence-corrected chi connectivity index (χ2v) is 8.70. The van der Waals surface area contributed by atoms with Gasteiger partial charge < -0.3 is 15.2 Å². The molecule has 0 bridgehead atoms. The third kappa shape index (κ3) is 4.62. The van der Waals surface area contributed by atoms with Crippen molar-refractivity contribution in [2.75, 3.05) is 19.6 Å². The quantitative estimate of drug-likeness (QED) is 0.493. The predicted molar refractivity (Wildman–Crippen MR) is 119 cm³/mol. The first-order valence-electron chi connectivity index (χ1n) is 11.2. The van der Waals surface area contributed by atoms with Crippen molar-refractivity contribution in [3.05, 3.63) is 64.7 Å². The lowest BCUT2D eigenvalue weighted by molar-refractivity contribution is 0.0526. The number of halogens is 1. The number of tetrazole rings is 1. The highest BCUT2D eigenvalue weighted by Gasteiger charge is 2.32. The van der Waals surface area contributed by atoms with Crippen molar-refractivity contribution in [2.24, 2.45) is 0 Å². The lowest BCUT2D eigenvalue weighted by atomic mass is 9.94. The molecule has 2 aliphatic rings. The van der Waals surface area contributed by atoms with Crippen molar-refractivity contribution in [2.45, 2.75) is 38.3 Å². The van der Waals surface area contributed by atoms with Gasteiger partial charge in [0.05, 0.1) is 29.6 Å². The number of benzene rings is 1. The van der Waals surface area contributed by atoms with E-state index in [9.17, 15) is 19.1 Å². The number of fused-ring (bicyclic) bond motifs is 1. The Hall–Kier alpha value is -3.77. The van der Waals surface area contributed by atoms with Gasteiger partial charge in [-0.2, -0.15) is 4.68 Å². The summed E-state index contributed by atoms with van der Waals surface area (Å²) in [4.78, 5) is 30.3. The molecule has 0 saturated carbocycles. The van der Waals surface area contributed by atoms with E-state index in [1.807, 2.05) is 11.8 Å². The number of hydrogen-bond donors (Lipinski definition) is 2. The number of carbonyl (C=O) groups is 2. The Morgan fingerprint density at radius 1 is 1.34 bits per heavy atom. The molecule has 0 aliphatic carbocycles. The Bertz CT molecular complexity index is 1240. The lowest BCUT2D eigenvalue weighted by Crippen LogP contribution is -2.53. The van der Waals surface area contributed by atoms with E-state index in [4.69, 9.17) is 4.74 Å². The number of nitrogens with zero attached hydrogens (tertiary/aromatic N) is 6. The maximum Gasteiger partial charge on any atom is 0.338 e. The zero-order chi connectivity index (χ0) is 24.5. The zero-order valence-corrected chi connectivity index (χ0v) is 19.0. The van der Waals surface area contributed by atoms with Crippen LogP contribution in [0.3, 0.4) is 0 Å². The van der Waals surface area contributed by atoms with Gasteiger partial charge in [-0.05, 0) is 53.1 Å². The Kier molecular flexibility index (Phi) is 6.22. The SMILES string of the molecule is Cc1c([C@@H](O)CN2CC[C@H](NC(=O)c3ccc(-n4cnnn4)cn3)[C@H](F)C2)ccc2c1COC2=O. The number of alkyl halides is 1. The van der Waals surface area contributed by atoms with Crippen molar-refractivity contribution >= 4 is 11.9 Å². The molecule has 1 amide bonds. The van der Waals surface area contributed by atoms with Crippen molar-refractivity contribution < 1.29 is 23.8 Å². The van der Waals surface area contributed by atoms with Crippen molar-refractivity contribution in [1.82, 2.24) is 35.4 Å². The molecule has 1 fully saturated rings. The fraction of sp³-hybridized carbons (Fsp3) is 0.391. The van der Waals surface area contributed by atoms with Crippen LogP contribution in [0.1, 0.15) is 50.1 Å². The molecular weight excluding hydrogens is 457 g/mol. The smallest absolute Gasteiger partial charge is 0.338 e. The number of esters is 1. The van der Waals surface area contributed by atoms with E-state index < -0.39 is 24.2 Å². The molecular formula is C23H24FN7O4. The molecule has 0 spiro atoms. The Morgan fingerprint density at radius 2 is 2.20 bits per heavy atom. The van der Waals surface area contributed by atoms with Crippen LogP contribution in [0.15, 0.2) is 36.8 Å². The summed E-state index contributed by atoms with van der Waals surface area (Å²) in [7, 11) is 0. The number of ether oxygens (including phenoxy) is 1. The van der Waals surface area contributed by atoms with Crippen LogP contribution < -0.4 is 5.32 Å². The van der Waals surface area contributed by atoms with Crippen molar-refractivity contribution in [1.29, 1.82) is 0 Å². The minimum Gasteiger partial charge on any atom is -0.457 e. The molecule has 2 N–H and O–H groups in total. The highest BCUT2D eigenvalue weighted by atomic mass is 19.1. The summed E-state index contributed by atoms with van der Waals surface area (Å²) in [6, 6.07) is 5.92. The summed E-state index contributed by atoms with van der Waals surface area (Å²) in [6.07, 6.45) is 1.14. The number of aliphatic hydroxyl groups excluding tert-OH is 1. The molecule has 1 aromatic carbocycles. The summed E-state index contributed by atoms with van der Waals surface area (Å²) in [6.45, 7) is 2.89. The number of nitrogens with one attached hydrogen (secondary N) is 1. The molecule has 1 saturated heterocycles. The summed E-state index contributed by atoms with van der Waals surface area (Å²) in [5, 5.41) is 24.4. The molecule has 11 nitrogen and oxygen atoms in total. The normalized spacial score (nSPS) is 20.8. The molecule has 182 valence electrons. The molecule has 2 aliphatic heterocycles. The van der Waals surface area contributed by atoms with Gasteiger partial charge in [0.1, 0.15) is 24.8 Å². The lowest BCUT2D eigenvalue weighted by Gasteiger charge is -2.36. The number of β-amino-alcohol motifs (C(OH)–C–C–N with tert-alkyl or cyclic N) is 1. The fourth-order valence-electron chi connectivity index (χ4n) is 4.55. The minimum atomic E-state index is -1.30. The molecule has 12 heteroatoms. The topological polar surface area (TPSA) is 135 Å². The number of likely N-dealkylation sites (tertiary alicyclic amines) is 1. The van der Waals surface area contributed by atoms with Gasteiger partial charge in [-0.1, -0.05) is 6.07 Å². The van der Waals surface area contributed by atoms with Crippen LogP contribution in [0.2, 0.25) is 0 Å². The van der Waals surface area contributed by atoms with E-state index in [0.29, 0.717) is 29.8 Å². The molecule has 0 unspecified atom stereocenters. The van der Waals surface area contributed by atoms with Gasteiger partial charge in [-0.15, -0.1) is 5.10 Å². The third-order valence-corrected chi connectivity index (χ3v) is 6.53. The number of amides is 1. The summed E-state index contributed by atoms with van der Waals surface area (Å²) >= 11 is 0. The number of piperidine rings is 1. The first kappa shape index (κ1) is 23.0. The van der Waals surface area contributed by atoms with Crippen molar-refractivity contribution in [3.63, 3.8) is 0 Å². The summed E-state index contributed by atoms with van der Waals surface area (Å²) in [5.74, 6) is -0.813. The highest BCUT2D eigenvalue weighted by molar-refractivity contribution is 5.94. The van der Waals surface area contributed by atoms with Gasteiger partial charge >= 0.3 is 5.97 Å². The van der Waals surface area contributed by atoms with Gasteiger partial charge in [0, 0.05) is 25.2 Å². The fourth-order valence-corrected chi connectivity index (χ4v) is 4.55. The molecule has 4 heterocycles. The first-order valence-corrected chi connectivity index (χ1v) is 11.2. The van der Waals surface area contributed by atoms with Gasteiger partial charge in [0.2, 0.25) is 0 Å². The molecule has 2 aromatic heterocycles. The molecule has 3 aromatic rings. The molecule has 3 atom stereocenters. The number of hydrogen-bond acceptors (Lipinski definition) is 9. The van der Waals surface area contributed by atoms with Gasteiger partial charge in [0.15, 0.2) is 0 Å². The van der Waals surface area contributed by atoms with Crippen LogP contribution in [-0.4, -0.2) is 78.9 Å². The Labute approximate surface area is 199 Å². The van der Waals surface area contributed by atoms with Crippen molar-refractivity contribution in [3.8, 4) is 5.69 Å². The third-order valence-electron chi connectivity index (χ3n) is 6.53. The van der Waals surface area contributed by atoms with E-state index in [0.717, 1.165) is 11.1 Å². The van der Waals surface area contributed by atoms with E-state index in [1.54, 1.807) is 18.2 Å². The maximum absolute atomic E-state index is 14.9. The van der Waals surface area contributed by atoms with Crippen LogP contribution in [0.4, 0.5) is 4.39 Å². The summed E-state index contributed by atoms with van der Waals surface area (Å²) < 4.78 is 21.4. The van der Waals surface area contributed by atoms with Crippen LogP contribution in [0.5, 0.6) is 0 Å². The minimum absolute atomic E-state index is 0.0826. The number of carbonyl (C=O) groups excluding carboxylic acids is 2. The van der Waals surface area contributed by atoms with Crippen LogP contribution in [-0.2, 0) is 11.3 Å². The number of aromatic nitrogens is 5. The number of rotatable bonds is 6. The zero-order valence-electron chi connectivity index (χ0n) is 19.0. The van der Waals surface area contributed by atoms with E-state index in [1.165, 1.54) is 23.3 Å². The average Bonchev–Trinajstić information content (AvgIpc) is 3.52. The maximum atomic E-state index is 14.9. The van der Waals surface area contributed by atoms with E-state index >= 15 is 0 Å². The number of aliphatic hydroxyl groups is 1. The van der Waals surface area contributed by atoms with Crippen LogP contribution in [0.25, 0.3) is 5.69 Å². The molecule has 5 rings (SSSR count). The van der Waals surface area contributed by atoms with E-state index in [2.05, 4.69) is 25.8 Å². The largest absolute Gasteiger partial charge is 0.457 e. The highest BCUT2D eigenvalue weighted by Crippen LogP contribution is 2.30. The monoisotopic (exact) mass is 481 g/mol. The van der Waals surface area contributed by atoms with Gasteiger partial charge in [0.25, 0.3) is 5.91 Å². The standard InChI is InChI=1S/C23H24FN7O4/c1-13-15(3-4-16-17(13)11-35-23(16)34)21(32)10-30-7-6-19(18(24)9-30)27-22(33)20-5-2-14(8-25-20)31-12-26-28-29-31/h2-5,8,12,18-19,21,32H,6-7,9-11H2,1H3,(H,27,33)/t18-,19+,21+/m1/s1. The second-order valence-electron chi connectivity index (χ2n) is 8.70. The Morgan fingerprint density at radius 3 is 2.91 bits per heavy atom. The second kappa shape index (κ2) is 9.47. The number of pyridine rings is 1. The van der Waals surface area contributed by atoms with E-state index in [-0.39, 0.29) is 31.4 Å². The average molecular weight is 481 g/mol. The van der Waals surface area contributed by atoms with Gasteiger partial charge in [-0.25, -0.2) is 14.2 Å². The molecule has 0 radical (unpaired) electrons. The first-order chi connectivity index (χ1) is 16.9. The molecule has 35 heavy (non-hydrogen) atoms. The predicted octanol–water partition coefficient (Wildman–Crippen LogP) is 0.912. The van der Waals surface area contributed by atoms with Crippen LogP contribution in [0, 0.1) is 6.92 Å². The summed E-state index contributed by atoms with van der Waals surface area (Å²) in [5.41, 5.74) is 3.60. The van der Waals surface area contributed by atoms with Crippen LogP contribution >= 0.6 is 0 Å². The Balaban J connectivity index is 1.16.